The third-order valence-electron chi connectivity index (χ3n) is 2.06. The molecular formula is C7H16N2O. The van der Waals surface area contributed by atoms with Gasteiger partial charge in [0.25, 0.3) is 0 Å². The van der Waals surface area contributed by atoms with Crippen molar-refractivity contribution in [2.24, 2.45) is 5.73 Å². The summed E-state index contributed by atoms with van der Waals surface area (Å²) < 4.78 is 0. The van der Waals surface area contributed by atoms with Crippen molar-refractivity contribution in [3.8, 4) is 0 Å². The second kappa shape index (κ2) is 3.32. The smallest absolute Gasteiger partial charge is 0.0784 e. The molecule has 1 rings (SSSR count). The molecule has 10 heavy (non-hydrogen) atoms. The highest BCUT2D eigenvalue weighted by atomic mass is 16.3. The summed E-state index contributed by atoms with van der Waals surface area (Å²) >= 11 is 0. The fourth-order valence-electron chi connectivity index (χ4n) is 1.43. The summed E-state index contributed by atoms with van der Waals surface area (Å²) in [5, 5.41) is 12.9. The van der Waals surface area contributed by atoms with Crippen molar-refractivity contribution in [2.45, 2.75) is 24.9 Å². The Bertz CT molecular complexity index is 94.3. The molecule has 1 unspecified atom stereocenters. The molecule has 0 radical (unpaired) electrons. The SMILES string of the molecule is NCCC1(O)CCCNC1. The maximum Gasteiger partial charge on any atom is 0.0784 e. The Kier molecular flexibility index (Phi) is 2.65. The molecule has 0 aromatic heterocycles. The molecule has 0 aliphatic carbocycles. The van der Waals surface area contributed by atoms with E-state index in [2.05, 4.69) is 5.32 Å². The second-order valence-electron chi connectivity index (χ2n) is 3.04. The van der Waals surface area contributed by atoms with Gasteiger partial charge in [0.15, 0.2) is 0 Å². The van der Waals surface area contributed by atoms with E-state index in [4.69, 9.17) is 5.73 Å². The Hall–Kier alpha value is -0.120. The van der Waals surface area contributed by atoms with Gasteiger partial charge in [0.2, 0.25) is 0 Å². The highest BCUT2D eigenvalue weighted by Gasteiger charge is 2.27. The zero-order valence-electron chi connectivity index (χ0n) is 6.27. The summed E-state index contributed by atoms with van der Waals surface area (Å²) in [6.45, 7) is 2.33. The van der Waals surface area contributed by atoms with Gasteiger partial charge in [0.05, 0.1) is 5.60 Å². The van der Waals surface area contributed by atoms with Gasteiger partial charge in [0, 0.05) is 6.54 Å². The molecule has 1 aliphatic rings. The van der Waals surface area contributed by atoms with Crippen molar-refractivity contribution in [1.29, 1.82) is 0 Å². The first-order chi connectivity index (χ1) is 4.77. The number of aliphatic hydroxyl groups is 1. The van der Waals surface area contributed by atoms with E-state index < -0.39 is 5.60 Å². The van der Waals surface area contributed by atoms with Gasteiger partial charge >= 0.3 is 0 Å². The lowest BCUT2D eigenvalue weighted by molar-refractivity contribution is 0.0109. The molecule has 60 valence electrons. The van der Waals surface area contributed by atoms with E-state index in [1.807, 2.05) is 0 Å². The highest BCUT2D eigenvalue weighted by molar-refractivity contribution is 4.84. The van der Waals surface area contributed by atoms with Crippen LogP contribution in [0.5, 0.6) is 0 Å². The van der Waals surface area contributed by atoms with Crippen LogP contribution in [0.1, 0.15) is 19.3 Å². The largest absolute Gasteiger partial charge is 0.389 e. The van der Waals surface area contributed by atoms with E-state index >= 15 is 0 Å². The summed E-state index contributed by atoms with van der Waals surface area (Å²) in [6.07, 6.45) is 2.69. The van der Waals surface area contributed by atoms with E-state index in [-0.39, 0.29) is 0 Å². The van der Waals surface area contributed by atoms with E-state index in [9.17, 15) is 5.11 Å². The van der Waals surface area contributed by atoms with Gasteiger partial charge in [-0.2, -0.15) is 0 Å². The fourth-order valence-corrected chi connectivity index (χ4v) is 1.43. The summed E-state index contributed by atoms with van der Waals surface area (Å²) in [5.74, 6) is 0. The van der Waals surface area contributed by atoms with E-state index in [0.29, 0.717) is 13.1 Å². The van der Waals surface area contributed by atoms with Crippen molar-refractivity contribution in [3.05, 3.63) is 0 Å². The number of β-amino-alcohol motifs (C(OH)–C–C–N with tert-alkyl or cyclic N) is 1. The molecule has 0 aromatic rings. The molecule has 0 aromatic carbocycles. The van der Waals surface area contributed by atoms with Crippen LogP contribution in [0.25, 0.3) is 0 Å². The number of piperidine rings is 1. The standard InChI is InChI=1S/C7H16N2O/c8-4-3-7(10)2-1-5-9-6-7/h9-10H,1-6,8H2. The molecule has 1 saturated heterocycles. The maximum atomic E-state index is 9.73. The number of hydrogen-bond donors (Lipinski definition) is 3. The first kappa shape index (κ1) is 7.98. The molecule has 3 heteroatoms. The van der Waals surface area contributed by atoms with Crippen LogP contribution in [0.4, 0.5) is 0 Å². The monoisotopic (exact) mass is 144 g/mol. The zero-order chi connectivity index (χ0) is 7.45. The van der Waals surface area contributed by atoms with Gasteiger partial charge in [-0.15, -0.1) is 0 Å². The summed E-state index contributed by atoms with van der Waals surface area (Å²) in [7, 11) is 0. The van der Waals surface area contributed by atoms with Crippen molar-refractivity contribution in [1.82, 2.24) is 5.32 Å². The van der Waals surface area contributed by atoms with Gasteiger partial charge in [-0.1, -0.05) is 0 Å². The average Bonchev–Trinajstić information content (AvgIpc) is 1.89. The van der Waals surface area contributed by atoms with E-state index in [0.717, 1.165) is 25.8 Å². The molecule has 0 spiro atoms. The molecule has 0 saturated carbocycles. The topological polar surface area (TPSA) is 58.3 Å². The molecule has 4 N–H and O–H groups in total. The summed E-state index contributed by atoms with van der Waals surface area (Å²) in [4.78, 5) is 0. The van der Waals surface area contributed by atoms with Crippen molar-refractivity contribution in [3.63, 3.8) is 0 Å². The predicted octanol–water partition coefficient (Wildman–Crippen LogP) is -0.550. The van der Waals surface area contributed by atoms with Gasteiger partial charge in [-0.05, 0) is 32.4 Å². The molecule has 1 heterocycles. The minimum absolute atomic E-state index is 0.507. The van der Waals surface area contributed by atoms with Crippen LogP contribution in [0, 0.1) is 0 Å². The van der Waals surface area contributed by atoms with Crippen molar-refractivity contribution < 1.29 is 5.11 Å². The van der Waals surface area contributed by atoms with E-state index in [1.54, 1.807) is 0 Å². The van der Waals surface area contributed by atoms with Gasteiger partial charge in [-0.25, -0.2) is 0 Å². The van der Waals surface area contributed by atoms with Gasteiger partial charge in [-0.3, -0.25) is 0 Å². The maximum absolute atomic E-state index is 9.73. The van der Waals surface area contributed by atoms with Crippen LogP contribution >= 0.6 is 0 Å². The average molecular weight is 144 g/mol. The van der Waals surface area contributed by atoms with Crippen molar-refractivity contribution in [2.75, 3.05) is 19.6 Å². The number of nitrogens with one attached hydrogen (secondary N) is 1. The van der Waals surface area contributed by atoms with Crippen LogP contribution < -0.4 is 11.1 Å². The van der Waals surface area contributed by atoms with Crippen LogP contribution in [0.2, 0.25) is 0 Å². The Balaban J connectivity index is 2.32. The van der Waals surface area contributed by atoms with Crippen LogP contribution in [0.3, 0.4) is 0 Å². The van der Waals surface area contributed by atoms with Crippen molar-refractivity contribution >= 4 is 0 Å². The highest BCUT2D eigenvalue weighted by Crippen LogP contribution is 2.18. The molecule has 1 fully saturated rings. The number of nitrogens with two attached hydrogens (primary N) is 1. The molecule has 3 nitrogen and oxygen atoms in total. The quantitative estimate of drug-likeness (QED) is 0.487. The first-order valence-corrected chi connectivity index (χ1v) is 3.90. The predicted molar refractivity (Wildman–Crippen MR) is 40.7 cm³/mol. The molecule has 0 amide bonds. The minimum atomic E-state index is -0.507. The fraction of sp³-hybridized carbons (Fsp3) is 1.00. The Morgan fingerprint density at radius 1 is 1.60 bits per heavy atom. The molecular weight excluding hydrogens is 128 g/mol. The number of hydrogen-bond acceptors (Lipinski definition) is 3. The lowest BCUT2D eigenvalue weighted by Gasteiger charge is -2.32. The number of rotatable bonds is 2. The van der Waals surface area contributed by atoms with Crippen LogP contribution in [-0.4, -0.2) is 30.3 Å². The Labute approximate surface area is 61.6 Å². The first-order valence-electron chi connectivity index (χ1n) is 3.90. The molecule has 1 atom stereocenters. The van der Waals surface area contributed by atoms with Crippen LogP contribution in [-0.2, 0) is 0 Å². The third-order valence-corrected chi connectivity index (χ3v) is 2.06. The minimum Gasteiger partial charge on any atom is -0.389 e. The molecule has 0 bridgehead atoms. The summed E-state index contributed by atoms with van der Waals surface area (Å²) in [5.41, 5.74) is 4.85. The lowest BCUT2D eigenvalue weighted by atomic mass is 9.91. The molecule has 1 aliphatic heterocycles. The Morgan fingerprint density at radius 3 is 2.90 bits per heavy atom. The summed E-state index contributed by atoms with van der Waals surface area (Å²) in [6, 6.07) is 0. The zero-order valence-corrected chi connectivity index (χ0v) is 6.27. The Morgan fingerprint density at radius 2 is 2.40 bits per heavy atom. The second-order valence-corrected chi connectivity index (χ2v) is 3.04. The normalized spacial score (nSPS) is 34.2. The van der Waals surface area contributed by atoms with E-state index in [1.165, 1.54) is 0 Å². The van der Waals surface area contributed by atoms with Crippen LogP contribution in [0.15, 0.2) is 0 Å². The third kappa shape index (κ3) is 1.94. The van der Waals surface area contributed by atoms with Gasteiger partial charge in [0.1, 0.15) is 0 Å². The van der Waals surface area contributed by atoms with Gasteiger partial charge < -0.3 is 16.2 Å². The lowest BCUT2D eigenvalue weighted by Crippen LogP contribution is -2.46.